The number of anilines is 2. The highest BCUT2D eigenvalue weighted by Crippen LogP contribution is 2.48. The molecule has 2 atom stereocenters. The van der Waals surface area contributed by atoms with E-state index in [1.807, 2.05) is 6.07 Å². The van der Waals surface area contributed by atoms with Gasteiger partial charge in [0.05, 0.1) is 23.1 Å². The van der Waals surface area contributed by atoms with Crippen molar-refractivity contribution in [2.45, 2.75) is 6.42 Å². The zero-order valence-corrected chi connectivity index (χ0v) is 8.88. The average Bonchev–Trinajstić information content (AvgIpc) is 3.06. The highest BCUT2D eigenvalue weighted by molar-refractivity contribution is 6.25. The molecule has 1 heterocycles. The lowest BCUT2D eigenvalue weighted by Crippen LogP contribution is -2.33. The van der Waals surface area contributed by atoms with Crippen LogP contribution in [0.25, 0.3) is 0 Å². The van der Waals surface area contributed by atoms with E-state index in [2.05, 4.69) is 0 Å². The van der Waals surface area contributed by atoms with Crippen LogP contribution in [0.3, 0.4) is 0 Å². The van der Waals surface area contributed by atoms with Crippen LogP contribution in [0.5, 0.6) is 0 Å². The number of carbonyl (C=O) groups is 2. The smallest absolute Gasteiger partial charge is 0.237 e. The first kappa shape index (κ1) is 9.85. The van der Waals surface area contributed by atoms with Crippen LogP contribution < -0.4 is 10.6 Å². The molecule has 5 nitrogen and oxygen atoms in total. The van der Waals surface area contributed by atoms with Gasteiger partial charge in [-0.25, -0.2) is 4.90 Å². The largest absolute Gasteiger partial charge is 0.399 e. The Morgan fingerprint density at radius 3 is 2.53 bits per heavy atom. The summed E-state index contributed by atoms with van der Waals surface area (Å²) in [6, 6.07) is 6.56. The first-order chi connectivity index (χ1) is 8.13. The van der Waals surface area contributed by atoms with Gasteiger partial charge in [-0.05, 0) is 24.6 Å². The van der Waals surface area contributed by atoms with E-state index in [1.165, 1.54) is 6.07 Å². The molecule has 2 aliphatic rings. The molecular weight excluding hydrogens is 218 g/mol. The maximum atomic E-state index is 11.9. The molecule has 1 aliphatic heterocycles. The second kappa shape index (κ2) is 3.08. The maximum Gasteiger partial charge on any atom is 0.237 e. The number of imide groups is 1. The van der Waals surface area contributed by atoms with E-state index in [0.29, 0.717) is 17.8 Å². The van der Waals surface area contributed by atoms with Crippen LogP contribution >= 0.6 is 0 Å². The third-order valence-corrected chi connectivity index (χ3v) is 3.25. The highest BCUT2D eigenvalue weighted by atomic mass is 16.2. The molecule has 0 radical (unpaired) electrons. The topological polar surface area (TPSA) is 87.2 Å². The molecule has 17 heavy (non-hydrogen) atoms. The Morgan fingerprint density at radius 2 is 1.94 bits per heavy atom. The zero-order chi connectivity index (χ0) is 12.2. The molecule has 84 valence electrons. The molecule has 1 aliphatic carbocycles. The van der Waals surface area contributed by atoms with Crippen LogP contribution in [0.4, 0.5) is 11.4 Å². The molecule has 2 unspecified atom stereocenters. The summed E-state index contributed by atoms with van der Waals surface area (Å²) >= 11 is 0. The summed E-state index contributed by atoms with van der Waals surface area (Å²) in [6.45, 7) is 0. The molecule has 0 bridgehead atoms. The number of amides is 2. The first-order valence-corrected chi connectivity index (χ1v) is 5.31. The van der Waals surface area contributed by atoms with Gasteiger partial charge in [0, 0.05) is 5.69 Å². The van der Waals surface area contributed by atoms with E-state index in [0.717, 1.165) is 4.90 Å². The van der Waals surface area contributed by atoms with Crippen molar-refractivity contribution in [2.75, 3.05) is 10.6 Å². The Labute approximate surface area is 97.4 Å². The number of carbonyl (C=O) groups excluding carboxylic acids is 2. The van der Waals surface area contributed by atoms with Gasteiger partial charge in [-0.2, -0.15) is 5.26 Å². The van der Waals surface area contributed by atoms with Gasteiger partial charge in [-0.3, -0.25) is 9.59 Å². The number of nitrogens with two attached hydrogens (primary N) is 1. The van der Waals surface area contributed by atoms with Crippen LogP contribution in [0.15, 0.2) is 18.2 Å². The van der Waals surface area contributed by atoms with Crippen molar-refractivity contribution >= 4 is 23.2 Å². The first-order valence-electron chi connectivity index (χ1n) is 5.31. The minimum atomic E-state index is -0.193. The predicted octanol–water partition coefficient (Wildman–Crippen LogP) is 0.650. The Hall–Kier alpha value is -2.35. The van der Waals surface area contributed by atoms with Crippen LogP contribution in [-0.4, -0.2) is 11.8 Å². The Kier molecular flexibility index (Phi) is 1.78. The molecule has 2 fully saturated rings. The standard InChI is InChI=1S/C12H9N3O2/c13-5-6-3-7(14)1-2-10(6)15-11(16)8-4-9(8)12(15)17/h1-3,8-9H,4,14H2. The fraction of sp³-hybridized carbons (Fsp3) is 0.250. The molecule has 1 aromatic carbocycles. The van der Waals surface area contributed by atoms with Gasteiger partial charge in [0.2, 0.25) is 11.8 Å². The van der Waals surface area contributed by atoms with Crippen LogP contribution in [0.2, 0.25) is 0 Å². The van der Waals surface area contributed by atoms with Gasteiger partial charge in [-0.15, -0.1) is 0 Å². The predicted molar refractivity (Wildman–Crippen MR) is 59.7 cm³/mol. The van der Waals surface area contributed by atoms with Gasteiger partial charge in [0.25, 0.3) is 0 Å². The van der Waals surface area contributed by atoms with Crippen molar-refractivity contribution in [1.29, 1.82) is 5.26 Å². The minimum absolute atomic E-state index is 0.161. The van der Waals surface area contributed by atoms with Crippen molar-refractivity contribution in [2.24, 2.45) is 11.8 Å². The molecule has 1 saturated heterocycles. The Bertz CT molecular complexity index is 568. The number of hydrogen-bond donors (Lipinski definition) is 1. The third-order valence-electron chi connectivity index (χ3n) is 3.25. The molecule has 1 saturated carbocycles. The number of fused-ring (bicyclic) bond motifs is 1. The van der Waals surface area contributed by atoms with Crippen LogP contribution in [0, 0.1) is 23.2 Å². The number of piperidine rings is 1. The SMILES string of the molecule is N#Cc1cc(N)ccc1N1C(=O)C2CC2C1=O. The molecule has 5 heteroatoms. The van der Waals surface area contributed by atoms with E-state index >= 15 is 0 Å². The molecule has 0 aromatic heterocycles. The molecule has 2 N–H and O–H groups in total. The summed E-state index contributed by atoms with van der Waals surface area (Å²) in [7, 11) is 0. The zero-order valence-electron chi connectivity index (χ0n) is 8.88. The van der Waals surface area contributed by atoms with Crippen molar-refractivity contribution in [3.8, 4) is 6.07 Å². The lowest BCUT2D eigenvalue weighted by Gasteiger charge is -2.17. The lowest BCUT2D eigenvalue weighted by atomic mass is 10.1. The van der Waals surface area contributed by atoms with Gasteiger partial charge < -0.3 is 5.73 Å². The van der Waals surface area contributed by atoms with E-state index in [9.17, 15) is 9.59 Å². The summed E-state index contributed by atoms with van der Waals surface area (Å²) in [5, 5.41) is 9.00. The number of benzene rings is 1. The fourth-order valence-electron chi connectivity index (χ4n) is 2.26. The van der Waals surface area contributed by atoms with Crippen molar-refractivity contribution < 1.29 is 9.59 Å². The monoisotopic (exact) mass is 227 g/mol. The van der Waals surface area contributed by atoms with Gasteiger partial charge in [0.15, 0.2) is 0 Å². The summed E-state index contributed by atoms with van der Waals surface area (Å²) in [5.41, 5.74) is 6.62. The summed E-state index contributed by atoms with van der Waals surface area (Å²) in [4.78, 5) is 24.9. The molecule has 3 rings (SSSR count). The number of rotatable bonds is 1. The minimum Gasteiger partial charge on any atom is -0.399 e. The number of nitriles is 1. The second-order valence-corrected chi connectivity index (χ2v) is 4.35. The van der Waals surface area contributed by atoms with Crippen molar-refractivity contribution in [3.05, 3.63) is 23.8 Å². The van der Waals surface area contributed by atoms with Crippen molar-refractivity contribution in [3.63, 3.8) is 0 Å². The second-order valence-electron chi connectivity index (χ2n) is 4.35. The summed E-state index contributed by atoms with van der Waals surface area (Å²) < 4.78 is 0. The molecular formula is C12H9N3O2. The molecule has 2 amide bonds. The van der Waals surface area contributed by atoms with E-state index in [4.69, 9.17) is 11.0 Å². The van der Waals surface area contributed by atoms with Crippen LogP contribution in [-0.2, 0) is 9.59 Å². The summed E-state index contributed by atoms with van der Waals surface area (Å²) in [6.07, 6.45) is 0.658. The van der Waals surface area contributed by atoms with Crippen molar-refractivity contribution in [1.82, 2.24) is 0 Å². The number of nitrogen functional groups attached to an aromatic ring is 1. The molecule has 0 spiro atoms. The third kappa shape index (κ3) is 1.24. The van der Waals surface area contributed by atoms with Crippen LogP contribution in [0.1, 0.15) is 12.0 Å². The number of nitrogens with zero attached hydrogens (tertiary/aromatic N) is 2. The van der Waals surface area contributed by atoms with Gasteiger partial charge >= 0.3 is 0 Å². The average molecular weight is 227 g/mol. The Morgan fingerprint density at radius 1 is 1.29 bits per heavy atom. The van der Waals surface area contributed by atoms with Gasteiger partial charge in [-0.1, -0.05) is 0 Å². The quantitative estimate of drug-likeness (QED) is 0.563. The normalized spacial score (nSPS) is 25.7. The van der Waals surface area contributed by atoms with E-state index in [-0.39, 0.29) is 29.2 Å². The maximum absolute atomic E-state index is 11.9. The number of hydrogen-bond acceptors (Lipinski definition) is 4. The highest BCUT2D eigenvalue weighted by Gasteiger charge is 2.59. The van der Waals surface area contributed by atoms with Gasteiger partial charge in [0.1, 0.15) is 6.07 Å². The lowest BCUT2D eigenvalue weighted by molar-refractivity contribution is -0.123. The fourth-order valence-corrected chi connectivity index (χ4v) is 2.26. The van der Waals surface area contributed by atoms with E-state index < -0.39 is 0 Å². The Balaban J connectivity index is 2.08. The summed E-state index contributed by atoms with van der Waals surface area (Å²) in [5.74, 6) is -0.708. The molecule has 1 aromatic rings. The van der Waals surface area contributed by atoms with E-state index in [1.54, 1.807) is 12.1 Å².